The number of aliphatic hydroxyl groups excluding tert-OH is 1. The number of pyridine rings is 1. The number of aromatic nitrogens is 1. The van der Waals surface area contributed by atoms with Crippen molar-refractivity contribution in [1.82, 2.24) is 14.8 Å². The molecule has 2 aromatic heterocycles. The van der Waals surface area contributed by atoms with Crippen molar-refractivity contribution in [1.29, 1.82) is 0 Å². The van der Waals surface area contributed by atoms with Gasteiger partial charge in [0.05, 0.1) is 19.4 Å². The summed E-state index contributed by atoms with van der Waals surface area (Å²) >= 11 is 0. The van der Waals surface area contributed by atoms with Crippen LogP contribution in [0.1, 0.15) is 46.6 Å². The molecule has 2 saturated heterocycles. The summed E-state index contributed by atoms with van der Waals surface area (Å²) in [7, 11) is 1.59. The summed E-state index contributed by atoms with van der Waals surface area (Å²) in [5.41, 5.74) is 2.79. The quantitative estimate of drug-likeness (QED) is 0.595. The highest BCUT2D eigenvalue weighted by Crippen LogP contribution is 2.42. The molecule has 0 unspecified atom stereocenters. The lowest BCUT2D eigenvalue weighted by Gasteiger charge is -2.39. The normalized spacial score (nSPS) is 18.1. The van der Waals surface area contributed by atoms with Crippen LogP contribution in [0.5, 0.6) is 11.5 Å². The van der Waals surface area contributed by atoms with Crippen molar-refractivity contribution >= 4 is 16.9 Å². The zero-order valence-electron chi connectivity index (χ0n) is 19.7. The SMILES string of the molecule is COc1cccc2cc(C(=O)N3CCC4(CCN(Cc5c(CO)cnc(C)c5O)C4)CC3)oc12. The maximum atomic E-state index is 13.1. The summed E-state index contributed by atoms with van der Waals surface area (Å²) in [5, 5.41) is 21.0. The molecule has 180 valence electrons. The number of likely N-dealkylation sites (tertiary alicyclic amines) is 2. The van der Waals surface area contributed by atoms with Gasteiger partial charge >= 0.3 is 0 Å². The van der Waals surface area contributed by atoms with Crippen LogP contribution in [0, 0.1) is 12.3 Å². The molecule has 2 N–H and O–H groups in total. The lowest BCUT2D eigenvalue weighted by Crippen LogP contribution is -2.44. The van der Waals surface area contributed by atoms with Gasteiger partial charge in [0.1, 0.15) is 5.75 Å². The number of ether oxygens (including phenoxy) is 1. The Kier molecular flexibility index (Phi) is 5.95. The van der Waals surface area contributed by atoms with E-state index in [9.17, 15) is 15.0 Å². The summed E-state index contributed by atoms with van der Waals surface area (Å²) in [6.45, 7) is 5.47. The first-order valence-corrected chi connectivity index (χ1v) is 11.8. The molecule has 34 heavy (non-hydrogen) atoms. The smallest absolute Gasteiger partial charge is 0.289 e. The van der Waals surface area contributed by atoms with E-state index < -0.39 is 0 Å². The topological polar surface area (TPSA) is 99.3 Å². The lowest BCUT2D eigenvalue weighted by atomic mass is 9.77. The third-order valence-corrected chi connectivity index (χ3v) is 7.55. The van der Waals surface area contributed by atoms with Crippen LogP contribution in [0.25, 0.3) is 11.0 Å². The van der Waals surface area contributed by atoms with Crippen LogP contribution >= 0.6 is 0 Å². The van der Waals surface area contributed by atoms with Crippen LogP contribution in [0.2, 0.25) is 0 Å². The third kappa shape index (κ3) is 4.01. The Morgan fingerprint density at radius 1 is 1.24 bits per heavy atom. The molecule has 5 rings (SSSR count). The molecule has 1 amide bonds. The Morgan fingerprint density at radius 3 is 2.74 bits per heavy atom. The highest BCUT2D eigenvalue weighted by Gasteiger charge is 2.42. The summed E-state index contributed by atoms with van der Waals surface area (Å²) in [6, 6.07) is 7.43. The first-order valence-electron chi connectivity index (χ1n) is 11.8. The van der Waals surface area contributed by atoms with Crippen molar-refractivity contribution < 1.29 is 24.2 Å². The number of nitrogens with zero attached hydrogens (tertiary/aromatic N) is 3. The number of aromatic hydroxyl groups is 1. The standard InChI is InChI=1S/C26H31N3O5/c1-17-23(31)20(19(15-30)13-27-17)14-28-9-6-26(16-28)7-10-29(11-8-26)25(32)22-12-18-4-3-5-21(33-2)24(18)34-22/h3-5,12-13,30-31H,6-11,14-16H2,1-2H3. The first-order chi connectivity index (χ1) is 16.4. The van der Waals surface area contributed by atoms with E-state index in [0.717, 1.165) is 43.3 Å². The van der Waals surface area contributed by atoms with Gasteiger partial charge in [0.25, 0.3) is 5.91 Å². The monoisotopic (exact) mass is 465 g/mol. The number of aryl methyl sites for hydroxylation is 1. The van der Waals surface area contributed by atoms with Gasteiger partial charge in [-0.05, 0) is 50.3 Å². The predicted octanol–water partition coefficient (Wildman–Crippen LogP) is 3.47. The van der Waals surface area contributed by atoms with Crippen molar-refractivity contribution in [3.05, 3.63) is 53.0 Å². The van der Waals surface area contributed by atoms with Crippen LogP contribution in [-0.2, 0) is 13.2 Å². The van der Waals surface area contributed by atoms with E-state index in [1.54, 1.807) is 26.3 Å². The molecule has 8 heteroatoms. The number of methoxy groups -OCH3 is 1. The first kappa shape index (κ1) is 22.7. The molecule has 2 aliphatic rings. The summed E-state index contributed by atoms with van der Waals surface area (Å²) in [4.78, 5) is 21.5. The fourth-order valence-electron chi connectivity index (χ4n) is 5.43. The van der Waals surface area contributed by atoms with Gasteiger partial charge in [-0.2, -0.15) is 0 Å². The van der Waals surface area contributed by atoms with Gasteiger partial charge in [-0.3, -0.25) is 14.7 Å². The Hall–Kier alpha value is -3.10. The van der Waals surface area contributed by atoms with Crippen molar-refractivity contribution in [3.63, 3.8) is 0 Å². The highest BCUT2D eigenvalue weighted by atomic mass is 16.5. The number of carbonyl (C=O) groups is 1. The van der Waals surface area contributed by atoms with Crippen molar-refractivity contribution in [2.24, 2.45) is 5.41 Å². The Balaban J connectivity index is 1.24. The van der Waals surface area contributed by atoms with E-state index in [1.165, 1.54) is 0 Å². The van der Waals surface area contributed by atoms with Crippen LogP contribution in [-0.4, -0.2) is 64.2 Å². The molecule has 0 radical (unpaired) electrons. The third-order valence-electron chi connectivity index (χ3n) is 7.55. The molecule has 2 aliphatic heterocycles. The fraction of sp³-hybridized carbons (Fsp3) is 0.462. The second-order valence-corrected chi connectivity index (χ2v) is 9.60. The van der Waals surface area contributed by atoms with E-state index in [-0.39, 0.29) is 23.7 Å². The molecule has 0 saturated carbocycles. The minimum absolute atomic E-state index is 0.0762. The number of hydrogen-bond donors (Lipinski definition) is 2. The molecule has 4 heterocycles. The number of carbonyl (C=O) groups excluding carboxylic acids is 1. The number of rotatable bonds is 5. The Morgan fingerprint density at radius 2 is 2.00 bits per heavy atom. The van der Waals surface area contributed by atoms with Crippen LogP contribution in [0.15, 0.2) is 34.9 Å². The lowest BCUT2D eigenvalue weighted by molar-refractivity contribution is 0.0560. The number of para-hydroxylation sites is 1. The summed E-state index contributed by atoms with van der Waals surface area (Å²) < 4.78 is 11.2. The van der Waals surface area contributed by atoms with Crippen LogP contribution in [0.3, 0.4) is 0 Å². The number of furan rings is 1. The molecule has 2 fully saturated rings. The maximum absolute atomic E-state index is 13.1. The van der Waals surface area contributed by atoms with E-state index in [0.29, 0.717) is 48.0 Å². The molecule has 8 nitrogen and oxygen atoms in total. The van der Waals surface area contributed by atoms with Gasteiger partial charge < -0.3 is 24.3 Å². The van der Waals surface area contributed by atoms with E-state index in [1.807, 2.05) is 23.1 Å². The molecule has 1 spiro atoms. The molecular formula is C26H31N3O5. The number of amides is 1. The number of fused-ring (bicyclic) bond motifs is 1. The molecule has 0 atom stereocenters. The molecule has 0 aliphatic carbocycles. The van der Waals surface area contributed by atoms with Gasteiger partial charge in [0, 0.05) is 48.9 Å². The second kappa shape index (κ2) is 8.92. The van der Waals surface area contributed by atoms with Crippen molar-refractivity contribution in [2.75, 3.05) is 33.3 Å². The molecule has 3 aromatic rings. The Labute approximate surface area is 198 Å². The second-order valence-electron chi connectivity index (χ2n) is 9.60. The number of aliphatic hydroxyl groups is 1. The predicted molar refractivity (Wildman–Crippen MR) is 127 cm³/mol. The van der Waals surface area contributed by atoms with E-state index in [2.05, 4.69) is 9.88 Å². The number of benzene rings is 1. The maximum Gasteiger partial charge on any atom is 0.289 e. The average Bonchev–Trinajstić information content (AvgIpc) is 3.46. The fourth-order valence-corrected chi connectivity index (χ4v) is 5.43. The average molecular weight is 466 g/mol. The molecule has 0 bridgehead atoms. The van der Waals surface area contributed by atoms with Crippen LogP contribution < -0.4 is 4.74 Å². The zero-order valence-corrected chi connectivity index (χ0v) is 19.7. The van der Waals surface area contributed by atoms with Gasteiger partial charge in [-0.1, -0.05) is 12.1 Å². The van der Waals surface area contributed by atoms with E-state index >= 15 is 0 Å². The van der Waals surface area contributed by atoms with Gasteiger partial charge in [0.15, 0.2) is 17.1 Å². The summed E-state index contributed by atoms with van der Waals surface area (Å²) in [6.07, 6.45) is 4.59. The molecule has 1 aromatic carbocycles. The minimum Gasteiger partial charge on any atom is -0.506 e. The molecular weight excluding hydrogens is 434 g/mol. The van der Waals surface area contributed by atoms with Crippen molar-refractivity contribution in [2.45, 2.75) is 39.3 Å². The van der Waals surface area contributed by atoms with Gasteiger partial charge in [0.2, 0.25) is 0 Å². The highest BCUT2D eigenvalue weighted by molar-refractivity contribution is 5.97. The largest absolute Gasteiger partial charge is 0.506 e. The van der Waals surface area contributed by atoms with Crippen molar-refractivity contribution in [3.8, 4) is 11.5 Å². The van der Waals surface area contributed by atoms with Gasteiger partial charge in [-0.15, -0.1) is 0 Å². The zero-order chi connectivity index (χ0) is 23.9. The summed E-state index contributed by atoms with van der Waals surface area (Å²) in [5.74, 6) is 1.08. The minimum atomic E-state index is -0.139. The van der Waals surface area contributed by atoms with E-state index in [4.69, 9.17) is 9.15 Å². The number of hydrogen-bond acceptors (Lipinski definition) is 7. The van der Waals surface area contributed by atoms with Gasteiger partial charge in [-0.25, -0.2) is 0 Å². The number of piperidine rings is 1. The van der Waals surface area contributed by atoms with Crippen LogP contribution in [0.4, 0.5) is 0 Å². The Bertz CT molecular complexity index is 1210.